The molecule has 0 bridgehead atoms. The third-order valence-electron chi connectivity index (χ3n) is 2.73. The maximum atomic E-state index is 11.9. The number of nitrogens with one attached hydrogen (secondary N) is 2. The molecule has 0 saturated heterocycles. The number of aryl methyl sites for hydroxylation is 1. The number of aromatic amines is 1. The van der Waals surface area contributed by atoms with E-state index in [9.17, 15) is 8.42 Å². The van der Waals surface area contributed by atoms with Crippen LogP contribution in [0.25, 0.3) is 10.9 Å². The van der Waals surface area contributed by atoms with E-state index in [0.29, 0.717) is 4.90 Å². The molecular weight excluding hydrogens is 274 g/mol. The summed E-state index contributed by atoms with van der Waals surface area (Å²) < 4.78 is 88.8. The molecule has 0 aliphatic heterocycles. The number of benzene rings is 1. The van der Waals surface area contributed by atoms with Crippen molar-refractivity contribution in [1.82, 2.24) is 14.6 Å². The van der Waals surface area contributed by atoms with Gasteiger partial charge in [-0.15, -0.1) is 0 Å². The Kier molecular flexibility index (Phi) is 2.26. The van der Waals surface area contributed by atoms with Gasteiger partial charge in [0.25, 0.3) is 0 Å². The van der Waals surface area contributed by atoms with Gasteiger partial charge < -0.3 is 9.88 Å². The van der Waals surface area contributed by atoms with Crippen LogP contribution in [0.1, 0.15) is 22.1 Å². The predicted molar refractivity (Wildman–Crippen MR) is 82.2 cm³/mol. The molecule has 0 aliphatic rings. The molecule has 110 valence electrons. The van der Waals surface area contributed by atoms with Crippen LogP contribution in [0.5, 0.6) is 0 Å². The first kappa shape index (κ1) is 7.59. The first-order chi connectivity index (χ1) is 12.6. The number of likely N-dealkylation sites (N-methyl/N-ethyl adjacent to an activating group) is 1. The molecule has 2 N–H and O–H groups in total. The van der Waals surface area contributed by atoms with Crippen LogP contribution < -0.4 is 4.72 Å². The molecule has 0 fully saturated rings. The molecule has 6 heteroatoms. The summed E-state index contributed by atoms with van der Waals surface area (Å²) in [4.78, 5) is 3.32. The summed E-state index contributed by atoms with van der Waals surface area (Å²) in [5, 5.41) is 0.102. The Morgan fingerprint density at radius 2 is 2.35 bits per heavy atom. The first-order valence-electron chi connectivity index (χ1n) is 9.86. The largest absolute Gasteiger partial charge is 0.361 e. The van der Waals surface area contributed by atoms with E-state index < -0.39 is 41.7 Å². The number of sulfonamides is 1. The standard InChI is InChI=1S/C14H21N3O2S/c1-15-20(18,19)10-11-4-5-14-13(8-11)12(9-16-14)6-7-17(2)3/h4-5,8-9,15-16H,6-7,10H2,1-3H3/i2D3,4D,5D,7D2,8D. The molecule has 5 nitrogen and oxygen atoms in total. The van der Waals surface area contributed by atoms with Gasteiger partial charge >= 0.3 is 0 Å². The molecule has 0 saturated carbocycles. The summed E-state index contributed by atoms with van der Waals surface area (Å²) in [7, 11) is -1.49. The zero-order chi connectivity index (χ0) is 21.7. The smallest absolute Gasteiger partial charge is 0.215 e. The van der Waals surface area contributed by atoms with Crippen molar-refractivity contribution in [1.29, 1.82) is 0 Å². The molecule has 0 aliphatic carbocycles. The van der Waals surface area contributed by atoms with Gasteiger partial charge in [0.05, 0.1) is 9.87 Å². The molecule has 0 atom stereocenters. The van der Waals surface area contributed by atoms with Gasteiger partial charge in [0.15, 0.2) is 0 Å². The molecule has 0 spiro atoms. The van der Waals surface area contributed by atoms with Crippen molar-refractivity contribution >= 4 is 20.9 Å². The van der Waals surface area contributed by atoms with Gasteiger partial charge in [-0.1, -0.05) is 6.04 Å². The van der Waals surface area contributed by atoms with Gasteiger partial charge in [-0.25, -0.2) is 13.1 Å². The summed E-state index contributed by atoms with van der Waals surface area (Å²) in [5.41, 5.74) is 0.137. The fourth-order valence-corrected chi connectivity index (χ4v) is 2.37. The number of H-pyrrole nitrogens is 1. The van der Waals surface area contributed by atoms with E-state index in [1.165, 1.54) is 13.2 Å². The van der Waals surface area contributed by atoms with E-state index in [-0.39, 0.29) is 34.1 Å². The highest BCUT2D eigenvalue weighted by Gasteiger charge is 2.11. The lowest BCUT2D eigenvalue weighted by atomic mass is 10.1. The lowest BCUT2D eigenvalue weighted by Crippen LogP contribution is -2.20. The van der Waals surface area contributed by atoms with Gasteiger partial charge in [-0.05, 0) is 50.7 Å². The number of rotatable bonds is 6. The van der Waals surface area contributed by atoms with Crippen LogP contribution >= 0.6 is 0 Å². The minimum absolute atomic E-state index is 0.0999. The molecule has 20 heavy (non-hydrogen) atoms. The molecule has 2 aromatic rings. The van der Waals surface area contributed by atoms with Crippen LogP contribution in [0.4, 0.5) is 0 Å². The zero-order valence-corrected chi connectivity index (χ0v) is 12.0. The van der Waals surface area contributed by atoms with Crippen LogP contribution in [-0.2, 0) is 22.2 Å². The maximum Gasteiger partial charge on any atom is 0.215 e. The van der Waals surface area contributed by atoms with Crippen molar-refractivity contribution < 1.29 is 19.4 Å². The first-order valence-corrected chi connectivity index (χ1v) is 7.51. The van der Waals surface area contributed by atoms with Crippen LogP contribution in [0.15, 0.2) is 24.3 Å². The van der Waals surface area contributed by atoms with Crippen molar-refractivity contribution in [2.45, 2.75) is 12.2 Å². The maximum absolute atomic E-state index is 11.9. The third kappa shape index (κ3) is 3.59. The normalized spacial score (nSPS) is 19.6. The second kappa shape index (κ2) is 5.95. The van der Waals surface area contributed by atoms with Crippen molar-refractivity contribution in [3.05, 3.63) is 35.5 Å². The molecule has 0 amide bonds. The Labute approximate surface area is 131 Å². The van der Waals surface area contributed by atoms with Crippen molar-refractivity contribution in [2.24, 2.45) is 0 Å². The Hall–Kier alpha value is -1.37. The molecule has 0 radical (unpaired) electrons. The van der Waals surface area contributed by atoms with Crippen LogP contribution in [0, 0.1) is 0 Å². The molecular formula is C14H21N3O2S. The quantitative estimate of drug-likeness (QED) is 0.846. The second-order valence-corrected chi connectivity index (χ2v) is 6.20. The monoisotopic (exact) mass is 303 g/mol. The SMILES string of the molecule is [2H]c1c(CS(=O)(=O)NC)c([2H])c2c(CC([2H])([2H])N(C)C([2H])([2H])[2H])c[nH]c2c1[2H]. The highest BCUT2D eigenvalue weighted by atomic mass is 32.2. The van der Waals surface area contributed by atoms with Gasteiger partial charge in [0.2, 0.25) is 10.0 Å². The Morgan fingerprint density at radius 3 is 3.05 bits per heavy atom. The summed E-state index contributed by atoms with van der Waals surface area (Å²) >= 11 is 0. The molecule has 1 aromatic heterocycles. The second-order valence-electron chi connectivity index (χ2n) is 4.27. The van der Waals surface area contributed by atoms with Gasteiger partial charge in [0, 0.05) is 30.5 Å². The number of fused-ring (bicyclic) bond motifs is 1. The van der Waals surface area contributed by atoms with Crippen LogP contribution in [0.3, 0.4) is 0 Å². The van der Waals surface area contributed by atoms with E-state index in [2.05, 4.69) is 9.71 Å². The van der Waals surface area contributed by atoms with E-state index in [0.717, 1.165) is 7.05 Å². The minimum atomic E-state index is -3.81. The van der Waals surface area contributed by atoms with E-state index >= 15 is 0 Å². The van der Waals surface area contributed by atoms with Gasteiger partial charge in [-0.3, -0.25) is 0 Å². The minimum Gasteiger partial charge on any atom is -0.361 e. The Morgan fingerprint density at radius 1 is 1.55 bits per heavy atom. The number of hydrogen-bond donors (Lipinski definition) is 2. The summed E-state index contributed by atoms with van der Waals surface area (Å²) in [6, 6.07) is -1.03. The Bertz CT molecular complexity index is 1000. The predicted octanol–water partition coefficient (Wildman–Crippen LogP) is 1.32. The number of hydrogen-bond acceptors (Lipinski definition) is 3. The average Bonchev–Trinajstić information content (AvgIpc) is 2.98. The highest BCUT2D eigenvalue weighted by Crippen LogP contribution is 2.21. The van der Waals surface area contributed by atoms with E-state index in [4.69, 9.17) is 11.0 Å². The average molecular weight is 303 g/mol. The molecule has 0 unspecified atom stereocenters. The van der Waals surface area contributed by atoms with Gasteiger partial charge in [0.1, 0.15) is 0 Å². The summed E-state index contributed by atoms with van der Waals surface area (Å²) in [6.45, 7) is -4.98. The third-order valence-corrected chi connectivity index (χ3v) is 4.02. The van der Waals surface area contributed by atoms with Gasteiger partial charge in [-0.2, -0.15) is 0 Å². The summed E-state index contributed by atoms with van der Waals surface area (Å²) in [6.07, 6.45) is 0.935. The van der Waals surface area contributed by atoms with E-state index in [1.54, 1.807) is 0 Å². The number of aromatic nitrogens is 1. The molecule has 1 aromatic carbocycles. The number of nitrogens with zero attached hydrogens (tertiary/aromatic N) is 1. The fraction of sp³-hybridized carbons (Fsp3) is 0.429. The van der Waals surface area contributed by atoms with E-state index in [1.807, 2.05) is 0 Å². The van der Waals surface area contributed by atoms with Crippen LogP contribution in [-0.4, -0.2) is 45.9 Å². The molecule has 2 rings (SSSR count). The van der Waals surface area contributed by atoms with Crippen molar-refractivity contribution in [2.75, 3.05) is 27.6 Å². The van der Waals surface area contributed by atoms with Crippen molar-refractivity contribution in [3.8, 4) is 0 Å². The van der Waals surface area contributed by atoms with Crippen LogP contribution in [0.2, 0.25) is 0 Å². The Balaban J connectivity index is 2.63. The van der Waals surface area contributed by atoms with Crippen molar-refractivity contribution in [3.63, 3.8) is 0 Å². The fourth-order valence-electron chi connectivity index (χ4n) is 1.70. The molecule has 1 heterocycles. The highest BCUT2D eigenvalue weighted by molar-refractivity contribution is 7.88. The lowest BCUT2D eigenvalue weighted by molar-refractivity contribution is 0.414. The zero-order valence-electron chi connectivity index (χ0n) is 19.2. The lowest BCUT2D eigenvalue weighted by Gasteiger charge is -2.08. The summed E-state index contributed by atoms with van der Waals surface area (Å²) in [5.74, 6) is -0.671. The topological polar surface area (TPSA) is 65.2 Å².